The zero-order chi connectivity index (χ0) is 12.1. The van der Waals surface area contributed by atoms with Gasteiger partial charge in [-0.05, 0) is 0 Å². The molecule has 1 N–H and O–H groups in total. The van der Waals surface area contributed by atoms with Crippen molar-refractivity contribution in [1.82, 2.24) is 5.32 Å². The van der Waals surface area contributed by atoms with Crippen LogP contribution in [-0.4, -0.2) is 38.2 Å². The monoisotopic (exact) mass is 224 g/mol. The second-order valence-corrected chi connectivity index (χ2v) is 3.23. The van der Waals surface area contributed by atoms with Gasteiger partial charge in [0.1, 0.15) is 11.8 Å². The first kappa shape index (κ1) is 12.0. The number of hydrogen-bond donors (Lipinski definition) is 1. The molecule has 2 atom stereocenters. The van der Waals surface area contributed by atoms with E-state index in [1.807, 2.05) is 0 Å². The van der Waals surface area contributed by atoms with E-state index in [-0.39, 0.29) is 11.9 Å². The van der Waals surface area contributed by atoms with Gasteiger partial charge in [-0.25, -0.2) is 11.4 Å². The minimum atomic E-state index is -0.684. The number of ether oxygens (including phenoxy) is 2. The van der Waals surface area contributed by atoms with Crippen LogP contribution in [0.1, 0.15) is 6.42 Å². The summed E-state index contributed by atoms with van der Waals surface area (Å²) in [7, 11) is 2.68. The minimum absolute atomic E-state index is 0.284. The molecule has 0 aliphatic carbocycles. The topological polar surface area (TPSA) is 69.0 Å². The van der Waals surface area contributed by atoms with Gasteiger partial charge >= 0.3 is 17.9 Å². The van der Waals surface area contributed by atoms with Gasteiger partial charge in [-0.3, -0.25) is 4.79 Å². The fourth-order valence-electron chi connectivity index (χ4n) is 1.35. The Balaban J connectivity index is 2.59. The first-order valence-corrected chi connectivity index (χ1v) is 4.61. The number of carbonyl (C=O) groups excluding carboxylic acids is 2. The summed E-state index contributed by atoms with van der Waals surface area (Å²) in [5.74, 6) is -0.430. The Morgan fingerprint density at radius 3 is 2.69 bits per heavy atom. The summed E-state index contributed by atoms with van der Waals surface area (Å²) < 4.78 is 9.41. The number of β-lactam (4-membered cyclic amide) rings is 1. The molecule has 1 aliphatic heterocycles. The molecular weight excluding hydrogens is 212 g/mol. The van der Waals surface area contributed by atoms with Crippen molar-refractivity contribution in [3.8, 4) is 0 Å². The van der Waals surface area contributed by atoms with Crippen LogP contribution in [-0.2, 0) is 19.1 Å². The number of nitrogens with zero attached hydrogens (tertiary/aromatic N) is 1. The van der Waals surface area contributed by atoms with Gasteiger partial charge in [0.2, 0.25) is 0 Å². The molecule has 1 saturated heterocycles. The lowest BCUT2D eigenvalue weighted by atomic mass is 9.95. The van der Waals surface area contributed by atoms with Crippen LogP contribution < -0.4 is 5.32 Å². The van der Waals surface area contributed by atoms with Crippen molar-refractivity contribution >= 4 is 11.9 Å². The zero-order valence-electron chi connectivity index (χ0n) is 9.02. The maximum absolute atomic E-state index is 11.0. The lowest BCUT2D eigenvalue weighted by molar-refractivity contribution is -0.135. The maximum atomic E-state index is 11.0. The third-order valence-electron chi connectivity index (χ3n) is 2.28. The van der Waals surface area contributed by atoms with E-state index in [1.165, 1.54) is 20.3 Å². The highest BCUT2D eigenvalue weighted by molar-refractivity contribution is 5.91. The molecule has 1 amide bonds. The summed E-state index contributed by atoms with van der Waals surface area (Å²) in [5.41, 5.74) is 0. The number of carbonyl (C=O) groups is 2. The number of nitrogens with one attached hydrogen (secondary N) is 1. The molecule has 1 heterocycles. The van der Waals surface area contributed by atoms with E-state index in [0.717, 1.165) is 0 Å². The van der Waals surface area contributed by atoms with Crippen molar-refractivity contribution in [2.45, 2.75) is 18.5 Å². The number of methoxy groups -OCH3 is 2. The molecule has 0 bridgehead atoms. The summed E-state index contributed by atoms with van der Waals surface area (Å²) >= 11 is 0. The third-order valence-corrected chi connectivity index (χ3v) is 2.28. The predicted molar refractivity (Wildman–Crippen MR) is 54.0 cm³/mol. The fraction of sp³-hybridized carbons (Fsp3) is 0.500. The molecular formula is C10H12N2O4. The van der Waals surface area contributed by atoms with E-state index >= 15 is 0 Å². The molecule has 0 spiro atoms. The first-order chi connectivity index (χ1) is 7.62. The molecule has 0 unspecified atom stereocenters. The highest BCUT2D eigenvalue weighted by Crippen LogP contribution is 2.18. The molecule has 0 saturated carbocycles. The molecule has 86 valence electrons. The standard InChI is InChI=1S/C10H12N2O4/c1-11-9-7(12-10(9)14)4-6(15-2)5-8(13)16-3/h5,7,9H,4H2,2-3H3,(H,12,14)/t7-,9-/m1/s1. The first-order valence-electron chi connectivity index (χ1n) is 4.61. The lowest BCUT2D eigenvalue weighted by Gasteiger charge is -2.28. The Kier molecular flexibility index (Phi) is 3.89. The number of esters is 1. The van der Waals surface area contributed by atoms with Crippen LogP contribution in [0.5, 0.6) is 0 Å². The van der Waals surface area contributed by atoms with E-state index in [1.54, 1.807) is 0 Å². The summed E-state index contributed by atoms with van der Waals surface area (Å²) in [6.07, 6.45) is 1.51. The molecule has 0 aromatic rings. The molecule has 6 heteroatoms. The van der Waals surface area contributed by atoms with Gasteiger partial charge in [-0.2, -0.15) is 0 Å². The van der Waals surface area contributed by atoms with Gasteiger partial charge in [0.15, 0.2) is 0 Å². The molecule has 0 aromatic carbocycles. The van der Waals surface area contributed by atoms with Crippen molar-refractivity contribution in [3.05, 3.63) is 23.3 Å². The number of amides is 1. The Hall–Kier alpha value is -2.03. The molecule has 0 aromatic heterocycles. The number of rotatable bonds is 4. The van der Waals surface area contributed by atoms with Crippen LogP contribution in [0.15, 0.2) is 11.8 Å². The van der Waals surface area contributed by atoms with Crippen LogP contribution in [0.25, 0.3) is 4.85 Å². The predicted octanol–water partition coefficient (Wildman–Crippen LogP) is -0.134. The second-order valence-electron chi connectivity index (χ2n) is 3.23. The highest BCUT2D eigenvalue weighted by atomic mass is 16.5. The number of hydrogen-bond acceptors (Lipinski definition) is 4. The van der Waals surface area contributed by atoms with Gasteiger partial charge in [0, 0.05) is 6.42 Å². The molecule has 1 aliphatic rings. The van der Waals surface area contributed by atoms with Gasteiger partial charge in [0.25, 0.3) is 0 Å². The van der Waals surface area contributed by atoms with E-state index < -0.39 is 12.0 Å². The van der Waals surface area contributed by atoms with Crippen LogP contribution in [0.4, 0.5) is 0 Å². The van der Waals surface area contributed by atoms with Crippen molar-refractivity contribution in [2.24, 2.45) is 0 Å². The fourth-order valence-corrected chi connectivity index (χ4v) is 1.35. The smallest absolute Gasteiger partial charge is 0.333 e. The normalized spacial score (nSPS) is 23.8. The zero-order valence-corrected chi connectivity index (χ0v) is 9.02. The van der Waals surface area contributed by atoms with Crippen LogP contribution >= 0.6 is 0 Å². The van der Waals surface area contributed by atoms with Crippen LogP contribution in [0.2, 0.25) is 0 Å². The average molecular weight is 224 g/mol. The second kappa shape index (κ2) is 5.16. The average Bonchev–Trinajstić information content (AvgIpc) is 2.27. The quantitative estimate of drug-likeness (QED) is 0.237. The van der Waals surface area contributed by atoms with E-state index in [4.69, 9.17) is 11.3 Å². The van der Waals surface area contributed by atoms with Crippen molar-refractivity contribution < 1.29 is 19.1 Å². The van der Waals surface area contributed by atoms with E-state index in [0.29, 0.717) is 12.2 Å². The maximum Gasteiger partial charge on any atom is 0.333 e. The van der Waals surface area contributed by atoms with Gasteiger partial charge in [0.05, 0.1) is 20.3 Å². The Bertz CT molecular complexity index is 370. The third kappa shape index (κ3) is 2.51. The van der Waals surface area contributed by atoms with Crippen LogP contribution in [0.3, 0.4) is 0 Å². The summed E-state index contributed by atoms with van der Waals surface area (Å²) in [6, 6.07) is -0.975. The van der Waals surface area contributed by atoms with Crippen molar-refractivity contribution in [1.29, 1.82) is 0 Å². The molecule has 6 nitrogen and oxygen atoms in total. The highest BCUT2D eigenvalue weighted by Gasteiger charge is 2.45. The lowest BCUT2D eigenvalue weighted by Crippen LogP contribution is -2.60. The minimum Gasteiger partial charge on any atom is -0.501 e. The molecule has 16 heavy (non-hydrogen) atoms. The summed E-state index contributed by atoms with van der Waals surface area (Å²) in [4.78, 5) is 25.1. The Labute approximate surface area is 93.0 Å². The van der Waals surface area contributed by atoms with E-state index in [2.05, 4.69) is 14.9 Å². The molecule has 0 radical (unpaired) electrons. The molecule has 1 rings (SSSR count). The van der Waals surface area contributed by atoms with E-state index in [9.17, 15) is 9.59 Å². The Morgan fingerprint density at radius 1 is 1.56 bits per heavy atom. The summed E-state index contributed by atoms with van der Waals surface area (Å²) in [5, 5.41) is 2.57. The largest absolute Gasteiger partial charge is 0.501 e. The SMILES string of the molecule is [C-]#[N+][C@H]1C(=O)N[C@@H]1CC(=CC(=O)OC)OC. The Morgan fingerprint density at radius 2 is 2.25 bits per heavy atom. The molecule has 1 fully saturated rings. The van der Waals surface area contributed by atoms with Crippen molar-refractivity contribution in [2.75, 3.05) is 14.2 Å². The van der Waals surface area contributed by atoms with Gasteiger partial charge in [-0.1, -0.05) is 0 Å². The van der Waals surface area contributed by atoms with Gasteiger partial charge < -0.3 is 19.6 Å². The van der Waals surface area contributed by atoms with Crippen molar-refractivity contribution in [3.63, 3.8) is 0 Å². The van der Waals surface area contributed by atoms with Crippen LogP contribution in [0, 0.1) is 6.57 Å². The summed E-state index contributed by atoms with van der Waals surface area (Å²) in [6.45, 7) is 6.81. The van der Waals surface area contributed by atoms with Gasteiger partial charge in [-0.15, -0.1) is 0 Å².